The number of nitrogens with zero attached hydrogens (tertiary/aromatic N) is 2. The van der Waals surface area contributed by atoms with E-state index in [2.05, 4.69) is 9.97 Å². The number of ether oxygens (including phenoxy) is 1. The summed E-state index contributed by atoms with van der Waals surface area (Å²) in [5, 5.41) is 0. The first-order valence-electron chi connectivity index (χ1n) is 4.99. The van der Waals surface area contributed by atoms with Crippen LogP contribution in [-0.4, -0.2) is 23.2 Å². The van der Waals surface area contributed by atoms with Gasteiger partial charge in [-0.3, -0.25) is 0 Å². The number of rotatable bonds is 2. The van der Waals surface area contributed by atoms with Gasteiger partial charge in [0.1, 0.15) is 5.82 Å². The highest BCUT2D eigenvalue weighted by molar-refractivity contribution is 5.85. The van der Waals surface area contributed by atoms with E-state index < -0.39 is 0 Å². The molecule has 0 radical (unpaired) electrons. The van der Waals surface area contributed by atoms with E-state index in [0.29, 0.717) is 18.3 Å². The van der Waals surface area contributed by atoms with Crippen molar-refractivity contribution in [3.05, 3.63) is 23.8 Å². The Morgan fingerprint density at radius 2 is 2.13 bits per heavy atom. The van der Waals surface area contributed by atoms with Crippen LogP contribution < -0.4 is 5.73 Å². The first-order valence-corrected chi connectivity index (χ1v) is 4.99. The molecule has 84 valence electrons. The molecule has 1 fully saturated rings. The first kappa shape index (κ1) is 12.4. The second-order valence-corrected chi connectivity index (χ2v) is 3.55. The minimum atomic E-state index is 0. The summed E-state index contributed by atoms with van der Waals surface area (Å²) in [6.45, 7) is 2.09. The summed E-state index contributed by atoms with van der Waals surface area (Å²) >= 11 is 0. The third-order valence-corrected chi connectivity index (χ3v) is 2.54. The van der Waals surface area contributed by atoms with Crippen LogP contribution >= 0.6 is 12.4 Å². The van der Waals surface area contributed by atoms with E-state index in [9.17, 15) is 0 Å². The van der Waals surface area contributed by atoms with E-state index in [4.69, 9.17) is 10.5 Å². The van der Waals surface area contributed by atoms with Gasteiger partial charge in [0.05, 0.1) is 13.2 Å². The van der Waals surface area contributed by atoms with Crippen molar-refractivity contribution in [1.82, 2.24) is 9.97 Å². The Balaban J connectivity index is 0.00000112. The Morgan fingerprint density at radius 1 is 1.40 bits per heavy atom. The lowest BCUT2D eigenvalue weighted by atomic mass is 9.96. The summed E-state index contributed by atoms with van der Waals surface area (Å²) in [6.07, 6.45) is 6.04. The molecule has 0 amide bonds. The highest BCUT2D eigenvalue weighted by Gasteiger charge is 2.16. The molecule has 2 N–H and O–H groups in total. The van der Waals surface area contributed by atoms with Crippen LogP contribution in [0.3, 0.4) is 0 Å². The van der Waals surface area contributed by atoms with E-state index in [1.54, 1.807) is 0 Å². The molecule has 0 spiro atoms. The van der Waals surface area contributed by atoms with Crippen molar-refractivity contribution < 1.29 is 4.74 Å². The topological polar surface area (TPSA) is 61.0 Å². The summed E-state index contributed by atoms with van der Waals surface area (Å²) in [6, 6.07) is 0. The van der Waals surface area contributed by atoms with Crippen LogP contribution in [0.1, 0.15) is 30.1 Å². The van der Waals surface area contributed by atoms with Crippen LogP contribution in [0.5, 0.6) is 0 Å². The number of hydrogen-bond donors (Lipinski definition) is 1. The quantitative estimate of drug-likeness (QED) is 0.829. The fourth-order valence-electron chi connectivity index (χ4n) is 1.68. The van der Waals surface area contributed by atoms with Crippen LogP contribution in [0.15, 0.2) is 12.4 Å². The minimum Gasteiger partial charge on any atom is -0.381 e. The van der Waals surface area contributed by atoms with Crippen molar-refractivity contribution in [2.24, 2.45) is 5.73 Å². The number of halogens is 1. The predicted octanol–water partition coefficient (Wildman–Crippen LogP) is 1.25. The van der Waals surface area contributed by atoms with Crippen LogP contribution in [0.2, 0.25) is 0 Å². The van der Waals surface area contributed by atoms with Crippen LogP contribution in [0, 0.1) is 0 Å². The molecule has 0 bridgehead atoms. The fraction of sp³-hybridized carbons (Fsp3) is 0.600. The molecule has 0 aliphatic carbocycles. The molecule has 1 aliphatic heterocycles. The van der Waals surface area contributed by atoms with Gasteiger partial charge in [0.25, 0.3) is 0 Å². The van der Waals surface area contributed by atoms with Gasteiger partial charge < -0.3 is 10.5 Å². The maximum absolute atomic E-state index is 5.43. The van der Waals surface area contributed by atoms with E-state index in [0.717, 1.165) is 19.6 Å². The Hall–Kier alpha value is -0.710. The Bertz CT molecular complexity index is 285. The molecular formula is C10H16ClN3O. The molecule has 4 nitrogen and oxygen atoms in total. The molecule has 15 heavy (non-hydrogen) atoms. The largest absolute Gasteiger partial charge is 0.381 e. The maximum Gasteiger partial charge on any atom is 0.141 e. The van der Waals surface area contributed by atoms with Crippen molar-refractivity contribution in [3.63, 3.8) is 0 Å². The van der Waals surface area contributed by atoms with E-state index in [1.807, 2.05) is 12.4 Å². The summed E-state index contributed by atoms with van der Waals surface area (Å²) in [7, 11) is 0. The highest BCUT2D eigenvalue weighted by Crippen LogP contribution is 2.23. The lowest BCUT2D eigenvalue weighted by Gasteiger charge is -2.21. The lowest BCUT2D eigenvalue weighted by molar-refractivity contribution is 0.0802. The summed E-state index contributed by atoms with van der Waals surface area (Å²) in [5.74, 6) is 1.17. The molecule has 0 saturated carbocycles. The van der Waals surface area contributed by atoms with Crippen molar-refractivity contribution in [2.75, 3.05) is 13.2 Å². The molecule has 1 unspecified atom stereocenters. The smallest absolute Gasteiger partial charge is 0.141 e. The third kappa shape index (κ3) is 3.12. The van der Waals surface area contributed by atoms with Crippen molar-refractivity contribution >= 4 is 12.4 Å². The van der Waals surface area contributed by atoms with E-state index >= 15 is 0 Å². The van der Waals surface area contributed by atoms with Crippen LogP contribution in [0.4, 0.5) is 0 Å². The second-order valence-electron chi connectivity index (χ2n) is 3.55. The van der Waals surface area contributed by atoms with Gasteiger partial charge in [-0.05, 0) is 18.4 Å². The van der Waals surface area contributed by atoms with Gasteiger partial charge >= 0.3 is 0 Å². The summed E-state index contributed by atoms with van der Waals surface area (Å²) < 4.78 is 5.41. The van der Waals surface area contributed by atoms with Gasteiger partial charge in [-0.15, -0.1) is 12.4 Å². The van der Waals surface area contributed by atoms with E-state index in [-0.39, 0.29) is 12.4 Å². The highest BCUT2D eigenvalue weighted by atomic mass is 35.5. The molecule has 1 aromatic heterocycles. The minimum absolute atomic E-state index is 0. The fourth-order valence-corrected chi connectivity index (χ4v) is 1.68. The molecule has 2 rings (SSSR count). The lowest BCUT2D eigenvalue weighted by Crippen LogP contribution is -2.16. The molecular weight excluding hydrogens is 214 g/mol. The van der Waals surface area contributed by atoms with Gasteiger partial charge in [-0.1, -0.05) is 0 Å². The number of aromatic nitrogens is 2. The molecule has 2 heterocycles. The number of nitrogens with two attached hydrogens (primary N) is 1. The SMILES string of the molecule is Cl.NCc1ncc(C2CCCOC2)cn1. The average molecular weight is 230 g/mol. The normalized spacial score (nSPS) is 20.7. The second kappa shape index (κ2) is 6.00. The van der Waals surface area contributed by atoms with E-state index in [1.165, 1.54) is 12.0 Å². The third-order valence-electron chi connectivity index (χ3n) is 2.54. The summed E-state index contributed by atoms with van der Waals surface area (Å²) in [4.78, 5) is 8.36. The molecule has 0 aromatic carbocycles. The molecule has 1 saturated heterocycles. The molecule has 5 heteroatoms. The average Bonchev–Trinajstić information content (AvgIpc) is 2.30. The van der Waals surface area contributed by atoms with Gasteiger partial charge in [0.2, 0.25) is 0 Å². The molecule has 1 atom stereocenters. The van der Waals surface area contributed by atoms with Crippen molar-refractivity contribution in [1.29, 1.82) is 0 Å². The maximum atomic E-state index is 5.43. The van der Waals surface area contributed by atoms with Gasteiger partial charge in [0, 0.05) is 24.9 Å². The zero-order valence-electron chi connectivity index (χ0n) is 8.56. The van der Waals surface area contributed by atoms with Crippen LogP contribution in [-0.2, 0) is 11.3 Å². The zero-order chi connectivity index (χ0) is 9.80. The van der Waals surface area contributed by atoms with Crippen molar-refractivity contribution in [2.45, 2.75) is 25.3 Å². The van der Waals surface area contributed by atoms with Crippen LogP contribution in [0.25, 0.3) is 0 Å². The van der Waals surface area contributed by atoms with Crippen molar-refractivity contribution in [3.8, 4) is 0 Å². The Kier molecular flexibility index (Phi) is 4.94. The Morgan fingerprint density at radius 3 is 2.67 bits per heavy atom. The van der Waals surface area contributed by atoms with Gasteiger partial charge in [0.15, 0.2) is 0 Å². The van der Waals surface area contributed by atoms with Gasteiger partial charge in [-0.2, -0.15) is 0 Å². The monoisotopic (exact) mass is 229 g/mol. The number of hydrogen-bond acceptors (Lipinski definition) is 4. The molecule has 1 aliphatic rings. The predicted molar refractivity (Wildman–Crippen MR) is 60.0 cm³/mol. The molecule has 1 aromatic rings. The Labute approximate surface area is 95.7 Å². The zero-order valence-corrected chi connectivity index (χ0v) is 9.37. The summed E-state index contributed by atoms with van der Waals surface area (Å²) in [5.41, 5.74) is 6.60. The van der Waals surface area contributed by atoms with Gasteiger partial charge in [-0.25, -0.2) is 9.97 Å². The standard InChI is InChI=1S/C10H15N3O.ClH/c11-4-10-12-5-9(6-13-10)8-2-1-3-14-7-8;/h5-6,8H,1-4,7,11H2;1H. The first-order chi connectivity index (χ1) is 6.90.